The highest BCUT2D eigenvalue weighted by Gasteiger charge is 1.92. The van der Waals surface area contributed by atoms with Crippen molar-refractivity contribution >= 4 is 23.2 Å². The highest BCUT2D eigenvalue weighted by atomic mass is 35.5. The van der Waals surface area contributed by atoms with Gasteiger partial charge in [0.2, 0.25) is 0 Å². The molecule has 11 heavy (non-hydrogen) atoms. The molecule has 0 saturated carbocycles. The van der Waals surface area contributed by atoms with Gasteiger partial charge in [0.15, 0.2) is 0 Å². The van der Waals surface area contributed by atoms with Crippen molar-refractivity contribution in [1.29, 1.82) is 0 Å². The Morgan fingerprint density at radius 1 is 1.45 bits per heavy atom. The van der Waals surface area contributed by atoms with Crippen LogP contribution in [0, 0.1) is 6.07 Å². The first-order chi connectivity index (χ1) is 5.33. The highest BCUT2D eigenvalue weighted by molar-refractivity contribution is 6.30. The Hall–Kier alpha value is -0.200. The fraction of sp³-hybridized carbons (Fsp3) is 0.333. The number of aryl methyl sites for hydroxylation is 1. The second kappa shape index (κ2) is 4.63. The molecule has 59 valence electrons. The SMILES string of the molecule is ClCCCc1cc[c]c(Cl)c1. The van der Waals surface area contributed by atoms with E-state index < -0.39 is 0 Å². The molecule has 0 aromatic heterocycles. The van der Waals surface area contributed by atoms with Crippen molar-refractivity contribution in [3.63, 3.8) is 0 Å². The van der Waals surface area contributed by atoms with Gasteiger partial charge in [-0.25, -0.2) is 0 Å². The summed E-state index contributed by atoms with van der Waals surface area (Å²) in [4.78, 5) is 0. The van der Waals surface area contributed by atoms with Gasteiger partial charge in [-0.2, -0.15) is 0 Å². The average Bonchev–Trinajstić information content (AvgIpc) is 2.01. The van der Waals surface area contributed by atoms with E-state index in [9.17, 15) is 0 Å². The van der Waals surface area contributed by atoms with Crippen molar-refractivity contribution < 1.29 is 0 Å². The predicted molar refractivity (Wildman–Crippen MR) is 49.3 cm³/mol. The Bertz CT molecular complexity index is 221. The molecule has 2 heteroatoms. The number of benzene rings is 1. The van der Waals surface area contributed by atoms with E-state index in [4.69, 9.17) is 23.2 Å². The molecule has 1 radical (unpaired) electrons. The van der Waals surface area contributed by atoms with Crippen molar-refractivity contribution in [2.45, 2.75) is 12.8 Å². The largest absolute Gasteiger partial charge is 0.127 e. The van der Waals surface area contributed by atoms with Gasteiger partial charge in [-0.1, -0.05) is 23.7 Å². The van der Waals surface area contributed by atoms with E-state index in [0.717, 1.165) is 12.8 Å². The Morgan fingerprint density at radius 3 is 2.91 bits per heavy atom. The maximum absolute atomic E-state index is 5.74. The van der Waals surface area contributed by atoms with E-state index in [-0.39, 0.29) is 0 Å². The molecule has 0 aliphatic heterocycles. The number of hydrogen-bond donors (Lipinski definition) is 0. The number of rotatable bonds is 3. The summed E-state index contributed by atoms with van der Waals surface area (Å²) < 4.78 is 0. The van der Waals surface area contributed by atoms with Gasteiger partial charge in [0.1, 0.15) is 0 Å². The topological polar surface area (TPSA) is 0 Å². The Labute approximate surface area is 77.1 Å². The molecule has 0 spiro atoms. The minimum Gasteiger partial charge on any atom is -0.127 e. The van der Waals surface area contributed by atoms with Gasteiger partial charge in [0.05, 0.1) is 0 Å². The standard InChI is InChI=1S/C9H9Cl2/c10-6-2-4-8-3-1-5-9(11)7-8/h1,3,7H,2,4,6H2. The normalized spacial score (nSPS) is 10.0. The molecule has 0 saturated heterocycles. The highest BCUT2D eigenvalue weighted by Crippen LogP contribution is 2.11. The lowest BCUT2D eigenvalue weighted by Gasteiger charge is -1.97. The molecule has 0 heterocycles. The lowest BCUT2D eigenvalue weighted by molar-refractivity contribution is 0.929. The molecular formula is C9H9Cl2. The maximum atomic E-state index is 5.74. The van der Waals surface area contributed by atoms with Crippen LogP contribution in [0.25, 0.3) is 0 Å². The average molecular weight is 188 g/mol. The first-order valence-corrected chi connectivity index (χ1v) is 4.46. The monoisotopic (exact) mass is 187 g/mol. The lowest BCUT2D eigenvalue weighted by atomic mass is 10.1. The summed E-state index contributed by atoms with van der Waals surface area (Å²) in [5.41, 5.74) is 1.23. The van der Waals surface area contributed by atoms with Gasteiger partial charge < -0.3 is 0 Å². The summed E-state index contributed by atoms with van der Waals surface area (Å²) in [6, 6.07) is 8.66. The molecule has 0 atom stereocenters. The van der Waals surface area contributed by atoms with E-state index in [1.807, 2.05) is 18.2 Å². The number of alkyl halides is 1. The minimum absolute atomic E-state index is 0.678. The van der Waals surface area contributed by atoms with E-state index in [2.05, 4.69) is 6.07 Å². The maximum Gasteiger partial charge on any atom is 0.0487 e. The van der Waals surface area contributed by atoms with Crippen molar-refractivity contribution in [3.8, 4) is 0 Å². The number of hydrogen-bond acceptors (Lipinski definition) is 0. The van der Waals surface area contributed by atoms with Gasteiger partial charge >= 0.3 is 0 Å². The van der Waals surface area contributed by atoms with Crippen LogP contribution in [0.2, 0.25) is 5.02 Å². The third-order valence-corrected chi connectivity index (χ3v) is 1.92. The third kappa shape index (κ3) is 3.13. The molecule has 1 rings (SSSR count). The van der Waals surface area contributed by atoms with E-state index in [0.29, 0.717) is 10.9 Å². The Balaban J connectivity index is 2.56. The molecule has 0 nitrogen and oxygen atoms in total. The smallest absolute Gasteiger partial charge is 0.0487 e. The summed E-state index contributed by atoms with van der Waals surface area (Å²) in [5, 5.41) is 0.678. The Kier molecular flexibility index (Phi) is 3.74. The van der Waals surface area contributed by atoms with Crippen LogP contribution in [-0.4, -0.2) is 5.88 Å². The number of halogens is 2. The fourth-order valence-corrected chi connectivity index (χ4v) is 1.24. The predicted octanol–water partition coefficient (Wildman–Crippen LogP) is 3.31. The molecule has 1 aromatic carbocycles. The van der Waals surface area contributed by atoms with Crippen LogP contribution in [0.4, 0.5) is 0 Å². The zero-order valence-electron chi connectivity index (χ0n) is 6.11. The molecule has 0 aliphatic carbocycles. The van der Waals surface area contributed by atoms with Crippen LogP contribution in [0.15, 0.2) is 18.2 Å². The molecular weight excluding hydrogens is 179 g/mol. The van der Waals surface area contributed by atoms with Gasteiger partial charge in [-0.15, -0.1) is 11.6 Å². The van der Waals surface area contributed by atoms with Crippen molar-refractivity contribution in [3.05, 3.63) is 34.9 Å². The molecule has 0 N–H and O–H groups in total. The van der Waals surface area contributed by atoms with E-state index >= 15 is 0 Å². The quantitative estimate of drug-likeness (QED) is 0.638. The third-order valence-electron chi connectivity index (χ3n) is 1.43. The fourth-order valence-electron chi connectivity index (χ4n) is 0.907. The molecule has 0 unspecified atom stereocenters. The summed E-state index contributed by atoms with van der Waals surface area (Å²) >= 11 is 11.3. The zero-order chi connectivity index (χ0) is 8.10. The second-order valence-corrected chi connectivity index (χ2v) is 3.12. The molecule has 0 aliphatic rings. The van der Waals surface area contributed by atoms with Crippen LogP contribution in [0.1, 0.15) is 12.0 Å². The van der Waals surface area contributed by atoms with Crippen molar-refractivity contribution in [2.24, 2.45) is 0 Å². The van der Waals surface area contributed by atoms with Crippen LogP contribution in [0.5, 0.6) is 0 Å². The molecule has 1 aromatic rings. The summed E-state index contributed by atoms with van der Waals surface area (Å²) in [5.74, 6) is 0.705. The van der Waals surface area contributed by atoms with E-state index in [1.165, 1.54) is 5.56 Å². The van der Waals surface area contributed by atoms with Gasteiger partial charge in [0, 0.05) is 17.0 Å². The van der Waals surface area contributed by atoms with Gasteiger partial charge in [-0.3, -0.25) is 0 Å². The van der Waals surface area contributed by atoms with Gasteiger partial charge in [0.25, 0.3) is 0 Å². The van der Waals surface area contributed by atoms with E-state index in [1.54, 1.807) is 0 Å². The van der Waals surface area contributed by atoms with Gasteiger partial charge in [-0.05, 0) is 24.5 Å². The minimum atomic E-state index is 0.678. The molecule has 0 bridgehead atoms. The molecule has 0 fully saturated rings. The van der Waals surface area contributed by atoms with Crippen LogP contribution in [0.3, 0.4) is 0 Å². The summed E-state index contributed by atoms with van der Waals surface area (Å²) in [7, 11) is 0. The second-order valence-electron chi connectivity index (χ2n) is 2.34. The zero-order valence-corrected chi connectivity index (χ0v) is 7.62. The van der Waals surface area contributed by atoms with Crippen molar-refractivity contribution in [2.75, 3.05) is 5.88 Å². The molecule has 0 amide bonds. The Morgan fingerprint density at radius 2 is 2.27 bits per heavy atom. The van der Waals surface area contributed by atoms with Crippen LogP contribution >= 0.6 is 23.2 Å². The van der Waals surface area contributed by atoms with Crippen molar-refractivity contribution in [1.82, 2.24) is 0 Å². The first-order valence-electron chi connectivity index (χ1n) is 3.55. The summed E-state index contributed by atoms with van der Waals surface area (Å²) in [6.45, 7) is 0. The van der Waals surface area contributed by atoms with Crippen LogP contribution in [-0.2, 0) is 6.42 Å². The van der Waals surface area contributed by atoms with Crippen LogP contribution < -0.4 is 0 Å². The summed E-state index contributed by atoms with van der Waals surface area (Å²) in [6.07, 6.45) is 2.00. The first kappa shape index (κ1) is 8.89. The lowest BCUT2D eigenvalue weighted by Crippen LogP contribution is -1.85.